The monoisotopic (exact) mass is 524 g/mol. The van der Waals surface area contributed by atoms with Gasteiger partial charge in [0.2, 0.25) is 11.9 Å². The van der Waals surface area contributed by atoms with Crippen molar-refractivity contribution in [1.29, 1.82) is 0 Å². The summed E-state index contributed by atoms with van der Waals surface area (Å²) in [4.78, 5) is 33.3. The zero-order chi connectivity index (χ0) is 27.2. The Morgan fingerprint density at radius 3 is 2.49 bits per heavy atom. The molecule has 0 spiro atoms. The summed E-state index contributed by atoms with van der Waals surface area (Å²) in [5, 5.41) is 2.95. The lowest BCUT2D eigenvalue weighted by Crippen LogP contribution is -2.42. The maximum Gasteiger partial charge on any atom is 0.254 e. The highest BCUT2D eigenvalue weighted by Gasteiger charge is 2.26. The lowest BCUT2D eigenvalue weighted by molar-refractivity contribution is -0.117. The number of anilines is 1. The molecule has 5 rings (SSSR count). The van der Waals surface area contributed by atoms with Crippen LogP contribution in [0.15, 0.2) is 85.1 Å². The minimum Gasteiger partial charge on any atom is -0.497 e. The van der Waals surface area contributed by atoms with E-state index in [1.807, 2.05) is 90.5 Å². The largest absolute Gasteiger partial charge is 0.497 e. The second-order valence-electron chi connectivity index (χ2n) is 9.57. The summed E-state index contributed by atoms with van der Waals surface area (Å²) in [6.45, 7) is 2.80. The van der Waals surface area contributed by atoms with Gasteiger partial charge in [-0.1, -0.05) is 36.4 Å². The predicted molar refractivity (Wildman–Crippen MR) is 150 cm³/mol. The van der Waals surface area contributed by atoms with E-state index in [1.165, 1.54) is 0 Å². The molecule has 1 aromatic heterocycles. The Labute approximate surface area is 228 Å². The number of imidazole rings is 1. The molecule has 1 fully saturated rings. The van der Waals surface area contributed by atoms with E-state index in [4.69, 9.17) is 14.5 Å². The van der Waals surface area contributed by atoms with Gasteiger partial charge in [0.25, 0.3) is 5.91 Å². The van der Waals surface area contributed by atoms with Crippen molar-refractivity contribution in [3.63, 3.8) is 0 Å². The maximum atomic E-state index is 13.5. The van der Waals surface area contributed by atoms with Crippen molar-refractivity contribution < 1.29 is 19.1 Å². The van der Waals surface area contributed by atoms with Gasteiger partial charge < -0.3 is 14.4 Å². The number of hydrogen-bond donors (Lipinski definition) is 1. The van der Waals surface area contributed by atoms with Crippen molar-refractivity contribution >= 4 is 17.8 Å². The number of hydrogen-bond acceptors (Lipinski definition) is 5. The molecule has 1 atom stereocenters. The van der Waals surface area contributed by atoms with E-state index in [9.17, 15) is 9.59 Å². The fraction of sp³-hybridized carbons (Fsp3) is 0.258. The minimum atomic E-state index is -0.334. The first-order valence-electron chi connectivity index (χ1n) is 13.1. The first-order valence-corrected chi connectivity index (χ1v) is 13.1. The zero-order valence-electron chi connectivity index (χ0n) is 22.2. The van der Waals surface area contributed by atoms with Gasteiger partial charge in [-0.15, -0.1) is 0 Å². The molecule has 1 N–H and O–H groups in total. The van der Waals surface area contributed by atoms with Gasteiger partial charge in [0.05, 0.1) is 18.9 Å². The SMILES string of the molecule is COc1ccc(-c2cn(-c3ccccc3)c(NC(=O)CN(CC3CCCO3)C(=O)c3ccccc3C)n2)cc1. The summed E-state index contributed by atoms with van der Waals surface area (Å²) in [6.07, 6.45) is 3.61. The lowest BCUT2D eigenvalue weighted by Gasteiger charge is -2.25. The van der Waals surface area contributed by atoms with Crippen molar-refractivity contribution in [2.75, 3.05) is 32.1 Å². The first kappa shape index (κ1) is 26.2. The normalized spacial score (nSPS) is 14.7. The van der Waals surface area contributed by atoms with Crippen molar-refractivity contribution in [3.8, 4) is 22.7 Å². The highest BCUT2D eigenvalue weighted by atomic mass is 16.5. The second-order valence-corrected chi connectivity index (χ2v) is 9.57. The number of nitrogens with one attached hydrogen (secondary N) is 1. The van der Waals surface area contributed by atoms with E-state index in [-0.39, 0.29) is 24.5 Å². The molecule has 1 saturated heterocycles. The van der Waals surface area contributed by atoms with Gasteiger partial charge in [0.15, 0.2) is 0 Å². The number of rotatable bonds is 9. The van der Waals surface area contributed by atoms with Gasteiger partial charge in [-0.25, -0.2) is 4.98 Å². The molecule has 200 valence electrons. The number of nitrogens with zero attached hydrogens (tertiary/aromatic N) is 3. The average Bonchev–Trinajstić information content (AvgIpc) is 3.63. The Morgan fingerprint density at radius 1 is 1.05 bits per heavy atom. The molecule has 2 amide bonds. The summed E-state index contributed by atoms with van der Waals surface area (Å²) in [5.74, 6) is 0.597. The first-order chi connectivity index (χ1) is 19.0. The number of amides is 2. The third-order valence-electron chi connectivity index (χ3n) is 6.82. The molecule has 8 heteroatoms. The van der Waals surface area contributed by atoms with Gasteiger partial charge in [0, 0.05) is 36.2 Å². The molecule has 1 unspecified atom stereocenters. The molecule has 1 aliphatic heterocycles. The molecular formula is C31H32N4O4. The summed E-state index contributed by atoms with van der Waals surface area (Å²) < 4.78 is 12.9. The van der Waals surface area contributed by atoms with Crippen LogP contribution >= 0.6 is 0 Å². The molecule has 0 radical (unpaired) electrons. The minimum absolute atomic E-state index is 0.0845. The van der Waals surface area contributed by atoms with E-state index >= 15 is 0 Å². The van der Waals surface area contributed by atoms with Crippen molar-refractivity contribution in [2.24, 2.45) is 0 Å². The third kappa shape index (κ3) is 6.18. The summed E-state index contributed by atoms with van der Waals surface area (Å²) in [7, 11) is 1.62. The smallest absolute Gasteiger partial charge is 0.254 e. The third-order valence-corrected chi connectivity index (χ3v) is 6.82. The molecule has 3 aromatic carbocycles. The molecule has 0 aliphatic carbocycles. The quantitative estimate of drug-likeness (QED) is 0.329. The van der Waals surface area contributed by atoms with Gasteiger partial charge in [-0.3, -0.25) is 19.5 Å². The molecule has 0 saturated carbocycles. The Bertz CT molecular complexity index is 1430. The van der Waals surface area contributed by atoms with Crippen molar-refractivity contribution in [1.82, 2.24) is 14.5 Å². The van der Waals surface area contributed by atoms with Gasteiger partial charge >= 0.3 is 0 Å². The number of para-hydroxylation sites is 1. The van der Waals surface area contributed by atoms with Crippen molar-refractivity contribution in [3.05, 3.63) is 96.2 Å². The molecule has 1 aliphatic rings. The van der Waals surface area contributed by atoms with Crippen LogP contribution in [0.25, 0.3) is 16.9 Å². The molecule has 39 heavy (non-hydrogen) atoms. The number of aryl methyl sites for hydroxylation is 1. The van der Waals surface area contributed by atoms with Crippen LogP contribution in [0.4, 0.5) is 5.95 Å². The number of methoxy groups -OCH3 is 1. The van der Waals surface area contributed by atoms with Gasteiger partial charge in [0.1, 0.15) is 12.3 Å². The second kappa shape index (κ2) is 12.0. The standard InChI is InChI=1S/C31H32N4O4/c1-22-9-6-7-13-27(22)30(37)34(19-26-12-8-18-39-26)21-29(36)33-31-32-28(23-14-16-25(38-2)17-15-23)20-35(31)24-10-4-3-5-11-24/h3-7,9-11,13-17,20,26H,8,12,18-19,21H2,1-2H3,(H,32,33,36). The number of carbonyl (C=O) groups is 2. The van der Waals surface area contributed by atoms with E-state index in [0.717, 1.165) is 35.4 Å². The van der Waals surface area contributed by atoms with Gasteiger partial charge in [-0.05, 0) is 67.8 Å². The lowest BCUT2D eigenvalue weighted by atomic mass is 10.1. The topological polar surface area (TPSA) is 85.7 Å². The van der Waals surface area contributed by atoms with Crippen LogP contribution in [-0.4, -0.2) is 59.2 Å². The van der Waals surface area contributed by atoms with Crippen LogP contribution < -0.4 is 10.1 Å². The highest BCUT2D eigenvalue weighted by Crippen LogP contribution is 2.26. The Kier molecular flexibility index (Phi) is 8.03. The van der Waals surface area contributed by atoms with Crippen LogP contribution in [0.3, 0.4) is 0 Å². The number of carbonyl (C=O) groups excluding carboxylic acids is 2. The van der Waals surface area contributed by atoms with E-state index in [0.29, 0.717) is 30.4 Å². The summed E-state index contributed by atoms with van der Waals surface area (Å²) in [5.41, 5.74) is 3.88. The van der Waals surface area contributed by atoms with Crippen LogP contribution in [0.2, 0.25) is 0 Å². The zero-order valence-corrected chi connectivity index (χ0v) is 22.2. The fourth-order valence-electron chi connectivity index (χ4n) is 4.73. The Balaban J connectivity index is 1.41. The molecule has 2 heterocycles. The molecule has 0 bridgehead atoms. The molecule has 8 nitrogen and oxygen atoms in total. The summed E-state index contributed by atoms with van der Waals surface area (Å²) >= 11 is 0. The van der Waals surface area contributed by atoms with Crippen LogP contribution in [0.5, 0.6) is 5.75 Å². The Hall–Kier alpha value is -4.43. The van der Waals surface area contributed by atoms with Crippen LogP contribution in [0.1, 0.15) is 28.8 Å². The van der Waals surface area contributed by atoms with E-state index in [2.05, 4.69) is 5.32 Å². The van der Waals surface area contributed by atoms with Crippen molar-refractivity contribution in [2.45, 2.75) is 25.9 Å². The highest BCUT2D eigenvalue weighted by molar-refractivity contribution is 6.00. The fourth-order valence-corrected chi connectivity index (χ4v) is 4.73. The summed E-state index contributed by atoms with van der Waals surface area (Å²) in [6, 6.07) is 24.7. The van der Waals surface area contributed by atoms with Crippen LogP contribution in [-0.2, 0) is 9.53 Å². The Morgan fingerprint density at radius 2 is 1.79 bits per heavy atom. The van der Waals surface area contributed by atoms with E-state index < -0.39 is 0 Å². The van der Waals surface area contributed by atoms with E-state index in [1.54, 1.807) is 18.1 Å². The number of aromatic nitrogens is 2. The molecular weight excluding hydrogens is 492 g/mol. The molecule has 4 aromatic rings. The number of ether oxygens (including phenoxy) is 2. The number of benzene rings is 3. The predicted octanol–water partition coefficient (Wildman–Crippen LogP) is 5.12. The average molecular weight is 525 g/mol. The van der Waals surface area contributed by atoms with Crippen LogP contribution in [0, 0.1) is 6.92 Å². The van der Waals surface area contributed by atoms with Gasteiger partial charge in [-0.2, -0.15) is 0 Å². The maximum absolute atomic E-state index is 13.5.